The minimum atomic E-state index is 0. The molecule has 0 aliphatic rings. The van der Waals surface area contributed by atoms with Crippen LogP contribution < -0.4 is 16.0 Å². The number of hydrogen-bond acceptors (Lipinski definition) is 3. The highest BCUT2D eigenvalue weighted by Crippen LogP contribution is 2.13. The maximum atomic E-state index is 11.5. The molecular formula is C17H33IN6O. The van der Waals surface area contributed by atoms with E-state index in [1.165, 1.54) is 11.3 Å². The summed E-state index contributed by atoms with van der Waals surface area (Å²) in [4.78, 5) is 15.7. The van der Waals surface area contributed by atoms with Crippen molar-refractivity contribution < 1.29 is 4.79 Å². The first-order valence-electron chi connectivity index (χ1n) is 8.50. The minimum absolute atomic E-state index is 0. The SMILES string of the molecule is CN=C(NCCNC(=O)C(C)C)NC(C)Cc1c(C)nn(C)c1C.I. The van der Waals surface area contributed by atoms with Gasteiger partial charge in [-0.15, -0.1) is 24.0 Å². The summed E-state index contributed by atoms with van der Waals surface area (Å²) in [6.45, 7) is 11.2. The Morgan fingerprint density at radius 1 is 1.20 bits per heavy atom. The second kappa shape index (κ2) is 11.3. The summed E-state index contributed by atoms with van der Waals surface area (Å²) >= 11 is 0. The molecule has 0 bridgehead atoms. The van der Waals surface area contributed by atoms with Crippen LogP contribution in [0.2, 0.25) is 0 Å². The molecular weight excluding hydrogens is 431 g/mol. The zero-order valence-electron chi connectivity index (χ0n) is 16.4. The van der Waals surface area contributed by atoms with Crippen LogP contribution in [0.5, 0.6) is 0 Å². The first-order valence-corrected chi connectivity index (χ1v) is 8.50. The summed E-state index contributed by atoms with van der Waals surface area (Å²) < 4.78 is 1.92. The van der Waals surface area contributed by atoms with E-state index in [-0.39, 0.29) is 41.8 Å². The largest absolute Gasteiger partial charge is 0.355 e. The van der Waals surface area contributed by atoms with Crippen molar-refractivity contribution >= 4 is 35.8 Å². The summed E-state index contributed by atoms with van der Waals surface area (Å²) in [6.07, 6.45) is 0.885. The average molecular weight is 464 g/mol. The molecule has 0 saturated heterocycles. The van der Waals surface area contributed by atoms with E-state index >= 15 is 0 Å². The number of rotatable bonds is 7. The normalized spacial score (nSPS) is 12.6. The molecule has 0 aromatic carbocycles. The topological polar surface area (TPSA) is 83.3 Å². The van der Waals surface area contributed by atoms with Crippen molar-refractivity contribution in [1.29, 1.82) is 0 Å². The van der Waals surface area contributed by atoms with Gasteiger partial charge in [0, 0.05) is 44.8 Å². The molecule has 1 aromatic rings. The second-order valence-corrected chi connectivity index (χ2v) is 6.47. The van der Waals surface area contributed by atoms with Gasteiger partial charge in [-0.3, -0.25) is 14.5 Å². The highest BCUT2D eigenvalue weighted by Gasteiger charge is 2.14. The predicted octanol–water partition coefficient (Wildman–Crippen LogP) is 1.52. The quantitative estimate of drug-likeness (QED) is 0.247. The average Bonchev–Trinajstić information content (AvgIpc) is 2.76. The second-order valence-electron chi connectivity index (χ2n) is 6.47. The lowest BCUT2D eigenvalue weighted by Crippen LogP contribution is -2.45. The summed E-state index contributed by atoms with van der Waals surface area (Å²) in [5, 5.41) is 13.9. The van der Waals surface area contributed by atoms with Crippen molar-refractivity contribution in [1.82, 2.24) is 25.7 Å². The van der Waals surface area contributed by atoms with Gasteiger partial charge in [-0.05, 0) is 32.8 Å². The first-order chi connectivity index (χ1) is 11.3. The molecule has 1 atom stereocenters. The standard InChI is InChI=1S/C17H32N6O.HI/c1-11(2)16(24)19-8-9-20-17(18-6)21-12(3)10-15-13(4)22-23(7)14(15)5;/h11-12H,8-10H2,1-7H3,(H,19,24)(H2,18,20,21);1H. The summed E-state index contributed by atoms with van der Waals surface area (Å²) in [7, 11) is 3.71. The van der Waals surface area contributed by atoms with E-state index in [0.717, 1.165) is 18.1 Å². The molecule has 1 unspecified atom stereocenters. The molecule has 0 aliphatic heterocycles. The van der Waals surface area contributed by atoms with Crippen molar-refractivity contribution in [2.45, 2.75) is 47.1 Å². The van der Waals surface area contributed by atoms with Gasteiger partial charge in [-0.25, -0.2) is 0 Å². The maximum Gasteiger partial charge on any atom is 0.222 e. The fraction of sp³-hybridized carbons (Fsp3) is 0.706. The van der Waals surface area contributed by atoms with E-state index in [2.05, 4.69) is 39.9 Å². The van der Waals surface area contributed by atoms with Crippen LogP contribution in [0.4, 0.5) is 0 Å². The van der Waals surface area contributed by atoms with Gasteiger partial charge in [-0.2, -0.15) is 5.10 Å². The molecule has 144 valence electrons. The van der Waals surface area contributed by atoms with Gasteiger partial charge >= 0.3 is 0 Å². The van der Waals surface area contributed by atoms with Gasteiger partial charge in [0.2, 0.25) is 5.91 Å². The van der Waals surface area contributed by atoms with Gasteiger partial charge in [0.15, 0.2) is 5.96 Å². The molecule has 1 heterocycles. The molecule has 0 aliphatic carbocycles. The fourth-order valence-electron chi connectivity index (χ4n) is 2.47. The number of nitrogens with zero attached hydrogens (tertiary/aromatic N) is 3. The Morgan fingerprint density at radius 2 is 1.80 bits per heavy atom. The number of guanidine groups is 1. The number of hydrogen-bond donors (Lipinski definition) is 3. The Balaban J connectivity index is 0.00000576. The third-order valence-corrected chi connectivity index (χ3v) is 4.02. The fourth-order valence-corrected chi connectivity index (χ4v) is 2.47. The van der Waals surface area contributed by atoms with Crippen LogP contribution in [0, 0.1) is 19.8 Å². The van der Waals surface area contributed by atoms with Crippen molar-refractivity contribution in [3.63, 3.8) is 0 Å². The van der Waals surface area contributed by atoms with Gasteiger partial charge < -0.3 is 16.0 Å². The first kappa shape index (κ1) is 23.7. The van der Waals surface area contributed by atoms with Crippen LogP contribution in [0.3, 0.4) is 0 Å². The Labute approximate surface area is 168 Å². The van der Waals surface area contributed by atoms with Crippen LogP contribution in [0.15, 0.2) is 4.99 Å². The van der Waals surface area contributed by atoms with Gasteiger partial charge in [0.1, 0.15) is 0 Å². The Hall–Kier alpha value is -1.32. The van der Waals surface area contributed by atoms with E-state index in [0.29, 0.717) is 13.1 Å². The zero-order chi connectivity index (χ0) is 18.3. The van der Waals surface area contributed by atoms with Gasteiger partial charge in [0.05, 0.1) is 5.69 Å². The lowest BCUT2D eigenvalue weighted by atomic mass is 10.1. The van der Waals surface area contributed by atoms with Crippen molar-refractivity contribution in [2.75, 3.05) is 20.1 Å². The van der Waals surface area contributed by atoms with E-state index in [4.69, 9.17) is 0 Å². The zero-order valence-corrected chi connectivity index (χ0v) is 18.8. The number of amides is 1. The van der Waals surface area contributed by atoms with Crippen molar-refractivity contribution in [3.05, 3.63) is 17.0 Å². The van der Waals surface area contributed by atoms with Crippen molar-refractivity contribution in [2.24, 2.45) is 18.0 Å². The number of aryl methyl sites for hydroxylation is 2. The van der Waals surface area contributed by atoms with Crippen LogP contribution >= 0.6 is 24.0 Å². The molecule has 0 fully saturated rings. The molecule has 25 heavy (non-hydrogen) atoms. The highest BCUT2D eigenvalue weighted by molar-refractivity contribution is 14.0. The third kappa shape index (κ3) is 7.62. The van der Waals surface area contributed by atoms with Crippen LogP contribution in [-0.2, 0) is 18.3 Å². The van der Waals surface area contributed by atoms with Gasteiger partial charge in [0.25, 0.3) is 0 Å². The summed E-state index contributed by atoms with van der Waals surface area (Å²) in [5.41, 5.74) is 3.54. The number of carbonyl (C=O) groups is 1. The van der Waals surface area contributed by atoms with E-state index < -0.39 is 0 Å². The number of carbonyl (C=O) groups excluding carboxylic acids is 1. The van der Waals surface area contributed by atoms with E-state index in [1.54, 1.807) is 7.05 Å². The van der Waals surface area contributed by atoms with E-state index in [9.17, 15) is 4.79 Å². The van der Waals surface area contributed by atoms with Crippen LogP contribution in [-0.4, -0.2) is 47.8 Å². The lowest BCUT2D eigenvalue weighted by molar-refractivity contribution is -0.123. The Bertz CT molecular complexity index is 582. The lowest BCUT2D eigenvalue weighted by Gasteiger charge is -2.18. The molecule has 8 heteroatoms. The number of nitrogens with one attached hydrogen (secondary N) is 3. The molecule has 1 rings (SSSR count). The molecule has 1 aromatic heterocycles. The van der Waals surface area contributed by atoms with Gasteiger partial charge in [-0.1, -0.05) is 13.8 Å². The minimum Gasteiger partial charge on any atom is -0.355 e. The highest BCUT2D eigenvalue weighted by atomic mass is 127. The smallest absolute Gasteiger partial charge is 0.222 e. The summed E-state index contributed by atoms with van der Waals surface area (Å²) in [5.74, 6) is 0.810. The van der Waals surface area contributed by atoms with E-state index in [1.807, 2.05) is 32.5 Å². The molecule has 0 saturated carbocycles. The monoisotopic (exact) mass is 464 g/mol. The molecule has 1 amide bonds. The predicted molar refractivity (Wildman–Crippen MR) is 114 cm³/mol. The maximum absolute atomic E-state index is 11.5. The molecule has 0 spiro atoms. The number of aliphatic imine (C=N–C) groups is 1. The molecule has 3 N–H and O–H groups in total. The molecule has 0 radical (unpaired) electrons. The number of aromatic nitrogens is 2. The number of halogens is 1. The Kier molecular flexibility index (Phi) is 10.7. The Morgan fingerprint density at radius 3 is 2.28 bits per heavy atom. The van der Waals surface area contributed by atoms with Crippen LogP contribution in [0.1, 0.15) is 37.7 Å². The van der Waals surface area contributed by atoms with Crippen LogP contribution in [0.25, 0.3) is 0 Å². The van der Waals surface area contributed by atoms with Crippen molar-refractivity contribution in [3.8, 4) is 0 Å². The molecule has 7 nitrogen and oxygen atoms in total. The summed E-state index contributed by atoms with van der Waals surface area (Å²) in [6, 6.07) is 0.225. The third-order valence-electron chi connectivity index (χ3n) is 4.02.